The summed E-state index contributed by atoms with van der Waals surface area (Å²) in [6.07, 6.45) is 3.49. The molecule has 1 unspecified atom stereocenters. The highest BCUT2D eigenvalue weighted by molar-refractivity contribution is 7.99. The van der Waals surface area contributed by atoms with E-state index in [0.29, 0.717) is 11.7 Å². The average molecular weight is 319 g/mol. The van der Waals surface area contributed by atoms with Gasteiger partial charge in [-0.3, -0.25) is 0 Å². The number of rotatable bonds is 5. The quantitative estimate of drug-likeness (QED) is 0.741. The van der Waals surface area contributed by atoms with Crippen LogP contribution in [0, 0.1) is 0 Å². The highest BCUT2D eigenvalue weighted by atomic mass is 35.5. The molecular weight excluding hydrogens is 300 g/mol. The van der Waals surface area contributed by atoms with Gasteiger partial charge in [0.25, 0.3) is 0 Å². The van der Waals surface area contributed by atoms with Gasteiger partial charge in [0.2, 0.25) is 0 Å². The number of benzene rings is 2. The van der Waals surface area contributed by atoms with Crippen molar-refractivity contribution in [2.24, 2.45) is 0 Å². The van der Waals surface area contributed by atoms with Crippen molar-refractivity contribution in [2.45, 2.75) is 36.2 Å². The van der Waals surface area contributed by atoms with E-state index in [4.69, 9.17) is 11.6 Å². The summed E-state index contributed by atoms with van der Waals surface area (Å²) in [6, 6.07) is 16.2. The lowest BCUT2D eigenvalue weighted by atomic mass is 9.79. The topological polar surface area (TPSA) is 20.2 Å². The first-order valence-electron chi connectivity index (χ1n) is 7.38. The molecule has 1 saturated carbocycles. The molecular formula is C18H19ClOS. The molecule has 3 heteroatoms. The lowest BCUT2D eigenvalue weighted by Crippen LogP contribution is -2.10. The minimum atomic E-state index is -0.425. The van der Waals surface area contributed by atoms with Crippen LogP contribution >= 0.6 is 23.4 Å². The standard InChI is InChI=1S/C18H19ClOS/c19-16-7-9-17(10-8-16)21-12-18(20)15-6-2-5-14(11-15)13-3-1-4-13/h2,5-11,13,18,20H,1,3-4,12H2. The second kappa shape index (κ2) is 6.87. The number of hydrogen-bond donors (Lipinski definition) is 1. The van der Waals surface area contributed by atoms with Gasteiger partial charge < -0.3 is 5.11 Å². The Hall–Kier alpha value is -0.960. The molecule has 0 saturated heterocycles. The molecule has 0 radical (unpaired) electrons. The minimum absolute atomic E-state index is 0.425. The van der Waals surface area contributed by atoms with Crippen molar-refractivity contribution < 1.29 is 5.11 Å². The third-order valence-electron chi connectivity index (χ3n) is 4.09. The van der Waals surface area contributed by atoms with Crippen LogP contribution in [0.15, 0.2) is 53.4 Å². The first-order valence-corrected chi connectivity index (χ1v) is 8.75. The highest BCUT2D eigenvalue weighted by Gasteiger charge is 2.20. The molecule has 1 aliphatic carbocycles. The van der Waals surface area contributed by atoms with Crippen molar-refractivity contribution in [1.82, 2.24) is 0 Å². The van der Waals surface area contributed by atoms with Gasteiger partial charge in [-0.15, -0.1) is 11.8 Å². The maximum Gasteiger partial charge on any atom is 0.0884 e. The monoisotopic (exact) mass is 318 g/mol. The predicted octanol–water partition coefficient (Wildman–Crippen LogP) is 5.43. The molecule has 2 aromatic rings. The Balaban J connectivity index is 1.62. The maximum atomic E-state index is 10.4. The summed E-state index contributed by atoms with van der Waals surface area (Å²) < 4.78 is 0. The Kier molecular flexibility index (Phi) is 4.89. The van der Waals surface area contributed by atoms with Crippen molar-refractivity contribution in [3.8, 4) is 0 Å². The van der Waals surface area contributed by atoms with E-state index in [1.54, 1.807) is 11.8 Å². The SMILES string of the molecule is OC(CSc1ccc(Cl)cc1)c1cccc(C2CCC2)c1. The van der Waals surface area contributed by atoms with Gasteiger partial charge in [0, 0.05) is 15.7 Å². The Morgan fingerprint density at radius 2 is 1.90 bits per heavy atom. The lowest BCUT2D eigenvalue weighted by molar-refractivity contribution is 0.204. The predicted molar refractivity (Wildman–Crippen MR) is 90.2 cm³/mol. The van der Waals surface area contributed by atoms with Crippen LogP contribution < -0.4 is 0 Å². The normalized spacial score (nSPS) is 16.5. The van der Waals surface area contributed by atoms with Gasteiger partial charge in [0.15, 0.2) is 0 Å². The fourth-order valence-electron chi connectivity index (χ4n) is 2.56. The molecule has 1 atom stereocenters. The van der Waals surface area contributed by atoms with Gasteiger partial charge in [0.1, 0.15) is 0 Å². The molecule has 0 aliphatic heterocycles. The Labute approximate surface area is 135 Å². The summed E-state index contributed by atoms with van der Waals surface area (Å²) >= 11 is 7.54. The van der Waals surface area contributed by atoms with Gasteiger partial charge in [-0.2, -0.15) is 0 Å². The smallest absolute Gasteiger partial charge is 0.0884 e. The van der Waals surface area contributed by atoms with E-state index in [1.807, 2.05) is 30.3 Å². The largest absolute Gasteiger partial charge is 0.388 e. The summed E-state index contributed by atoms with van der Waals surface area (Å²) in [7, 11) is 0. The van der Waals surface area contributed by atoms with Gasteiger partial charge in [-0.05, 0) is 54.2 Å². The molecule has 1 fully saturated rings. The molecule has 0 heterocycles. The molecule has 1 N–H and O–H groups in total. The molecule has 1 nitrogen and oxygen atoms in total. The molecule has 0 bridgehead atoms. The van der Waals surface area contributed by atoms with Crippen LogP contribution in [0.25, 0.3) is 0 Å². The van der Waals surface area contributed by atoms with Crippen molar-refractivity contribution in [2.75, 3.05) is 5.75 Å². The van der Waals surface area contributed by atoms with Crippen molar-refractivity contribution >= 4 is 23.4 Å². The summed E-state index contributed by atoms with van der Waals surface area (Å²) in [4.78, 5) is 1.13. The van der Waals surface area contributed by atoms with Crippen molar-refractivity contribution in [1.29, 1.82) is 0 Å². The zero-order chi connectivity index (χ0) is 14.7. The van der Waals surface area contributed by atoms with Crippen molar-refractivity contribution in [3.63, 3.8) is 0 Å². The van der Waals surface area contributed by atoms with E-state index in [2.05, 4.69) is 18.2 Å². The number of aliphatic hydroxyl groups excluding tert-OH is 1. The van der Waals surface area contributed by atoms with E-state index in [0.717, 1.165) is 15.5 Å². The Morgan fingerprint density at radius 3 is 2.57 bits per heavy atom. The fourth-order valence-corrected chi connectivity index (χ4v) is 3.56. The molecule has 0 spiro atoms. The molecule has 3 rings (SSSR count). The second-order valence-electron chi connectivity index (χ2n) is 5.58. The Bertz CT molecular complexity index is 592. The molecule has 0 aromatic heterocycles. The maximum absolute atomic E-state index is 10.4. The van der Waals surface area contributed by atoms with Gasteiger partial charge in [0.05, 0.1) is 6.10 Å². The van der Waals surface area contributed by atoms with Crippen LogP contribution in [0.4, 0.5) is 0 Å². The first-order chi connectivity index (χ1) is 10.2. The number of halogens is 1. The fraction of sp³-hybridized carbons (Fsp3) is 0.333. The van der Waals surface area contributed by atoms with Gasteiger partial charge in [-0.25, -0.2) is 0 Å². The zero-order valence-electron chi connectivity index (χ0n) is 11.8. The highest BCUT2D eigenvalue weighted by Crippen LogP contribution is 2.37. The summed E-state index contributed by atoms with van der Waals surface area (Å²) in [5, 5.41) is 11.1. The molecule has 110 valence electrons. The van der Waals surface area contributed by atoms with Gasteiger partial charge >= 0.3 is 0 Å². The van der Waals surface area contributed by atoms with Crippen LogP contribution in [0.1, 0.15) is 42.4 Å². The third kappa shape index (κ3) is 3.82. The number of aliphatic hydroxyl groups is 1. The van der Waals surface area contributed by atoms with E-state index in [-0.39, 0.29) is 0 Å². The summed E-state index contributed by atoms with van der Waals surface area (Å²) in [5.41, 5.74) is 2.41. The third-order valence-corrected chi connectivity index (χ3v) is 5.43. The van der Waals surface area contributed by atoms with Crippen LogP contribution in [0.2, 0.25) is 5.02 Å². The molecule has 0 amide bonds. The minimum Gasteiger partial charge on any atom is -0.388 e. The van der Waals surface area contributed by atoms with Crippen LogP contribution in [0.3, 0.4) is 0 Å². The van der Waals surface area contributed by atoms with E-state index < -0.39 is 6.10 Å². The summed E-state index contributed by atoms with van der Waals surface area (Å²) in [5.74, 6) is 1.37. The number of hydrogen-bond acceptors (Lipinski definition) is 2. The van der Waals surface area contributed by atoms with E-state index >= 15 is 0 Å². The van der Waals surface area contributed by atoms with Crippen LogP contribution in [0.5, 0.6) is 0 Å². The van der Waals surface area contributed by atoms with E-state index in [9.17, 15) is 5.11 Å². The first kappa shape index (κ1) is 15.0. The molecule has 1 aliphatic rings. The molecule has 2 aromatic carbocycles. The van der Waals surface area contributed by atoms with Crippen LogP contribution in [-0.2, 0) is 0 Å². The average Bonchev–Trinajstić information content (AvgIpc) is 2.45. The van der Waals surface area contributed by atoms with E-state index in [1.165, 1.54) is 24.8 Å². The van der Waals surface area contributed by atoms with Gasteiger partial charge in [-0.1, -0.05) is 42.3 Å². The summed E-state index contributed by atoms with van der Waals surface area (Å²) in [6.45, 7) is 0. The van der Waals surface area contributed by atoms with Crippen molar-refractivity contribution in [3.05, 3.63) is 64.7 Å². The van der Waals surface area contributed by atoms with Crippen LogP contribution in [-0.4, -0.2) is 10.9 Å². The zero-order valence-corrected chi connectivity index (χ0v) is 13.4. The molecule has 21 heavy (non-hydrogen) atoms. The lowest BCUT2D eigenvalue weighted by Gasteiger charge is -2.26. The Morgan fingerprint density at radius 1 is 1.14 bits per heavy atom. The number of thioether (sulfide) groups is 1. The second-order valence-corrected chi connectivity index (χ2v) is 7.11.